The van der Waals surface area contributed by atoms with Crippen LogP contribution in [-0.4, -0.2) is 91.9 Å². The highest BCUT2D eigenvalue weighted by Gasteiger charge is 2.62. The molecule has 1 saturated heterocycles. The third-order valence-corrected chi connectivity index (χ3v) is 13.4. The molecule has 1 aliphatic heterocycles. The van der Waals surface area contributed by atoms with Gasteiger partial charge in [-0.2, -0.15) is 0 Å². The number of nitrogens with zero attached hydrogens (tertiary/aromatic N) is 2. The summed E-state index contributed by atoms with van der Waals surface area (Å²) in [5.41, 5.74) is -0.928. The van der Waals surface area contributed by atoms with E-state index in [4.69, 9.17) is 19.2 Å². The number of carbonyl (C=O) groups excluding carboxylic acids is 4. The Morgan fingerprint density at radius 2 is 1.81 bits per heavy atom. The lowest BCUT2D eigenvalue weighted by Crippen LogP contribution is -2.60. The SMILES string of the molecule is C=C[C@@H]1C[C@]1(NC(=O)[C@@H]1C[C@@H](c2csc(-c3cc(OC)ccc3OC)n2)CN1C(=O)C(NC(=O)OC1CCCC1)C(C)(C)C)C(=O)NS(=O)(=O)C1CC1. The van der Waals surface area contributed by atoms with Crippen molar-refractivity contribution in [2.45, 2.75) is 107 Å². The van der Waals surface area contributed by atoms with Gasteiger partial charge in [-0.05, 0) is 75.0 Å². The summed E-state index contributed by atoms with van der Waals surface area (Å²) in [7, 11) is -0.751. The van der Waals surface area contributed by atoms with Crippen molar-refractivity contribution in [3.8, 4) is 22.1 Å². The van der Waals surface area contributed by atoms with Crippen LogP contribution in [0.1, 0.15) is 83.7 Å². The number of carbonyl (C=O) groups is 4. The molecule has 5 atom stereocenters. The number of likely N-dealkylation sites (tertiary alicyclic amines) is 1. The second-order valence-corrected chi connectivity index (χ2v) is 18.3. The van der Waals surface area contributed by atoms with E-state index < -0.39 is 74.0 Å². The maximum atomic E-state index is 14.6. The summed E-state index contributed by atoms with van der Waals surface area (Å²) in [5.74, 6) is -1.60. The molecule has 0 radical (unpaired) electrons. The summed E-state index contributed by atoms with van der Waals surface area (Å²) in [4.78, 5) is 61.9. The fourth-order valence-corrected chi connectivity index (χ4v) is 9.55. The van der Waals surface area contributed by atoms with Crippen LogP contribution >= 0.6 is 11.3 Å². The summed E-state index contributed by atoms with van der Waals surface area (Å²) in [6, 6.07) is 3.28. The molecule has 14 nitrogen and oxygen atoms in total. The number of thiazole rings is 1. The quantitative estimate of drug-likeness (QED) is 0.249. The van der Waals surface area contributed by atoms with Gasteiger partial charge in [0.15, 0.2) is 0 Å². The van der Waals surface area contributed by atoms with E-state index >= 15 is 0 Å². The Morgan fingerprint density at radius 3 is 2.42 bits per heavy atom. The van der Waals surface area contributed by atoms with Crippen LogP contribution in [-0.2, 0) is 29.1 Å². The lowest BCUT2D eigenvalue weighted by atomic mass is 9.85. The van der Waals surface area contributed by atoms with Gasteiger partial charge in [-0.3, -0.25) is 19.1 Å². The lowest BCUT2D eigenvalue weighted by molar-refractivity contribution is -0.142. The summed E-state index contributed by atoms with van der Waals surface area (Å²) < 4.78 is 44.3. The number of rotatable bonds is 13. The van der Waals surface area contributed by atoms with E-state index in [1.807, 2.05) is 32.2 Å². The average molecular weight is 772 g/mol. The normalized spacial score (nSPS) is 24.9. The van der Waals surface area contributed by atoms with E-state index in [-0.39, 0.29) is 25.5 Å². The van der Waals surface area contributed by atoms with Crippen molar-refractivity contribution < 1.29 is 41.8 Å². The highest BCUT2D eigenvalue weighted by atomic mass is 32.2. The number of benzene rings is 1. The topological polar surface area (TPSA) is 182 Å². The minimum absolute atomic E-state index is 0.0986. The van der Waals surface area contributed by atoms with Crippen LogP contribution in [0, 0.1) is 11.3 Å². The molecule has 16 heteroatoms. The van der Waals surface area contributed by atoms with Gasteiger partial charge in [-0.1, -0.05) is 26.8 Å². The number of amides is 4. The van der Waals surface area contributed by atoms with Crippen LogP contribution in [0.25, 0.3) is 10.6 Å². The Kier molecular flexibility index (Phi) is 10.9. The molecule has 0 bridgehead atoms. The smallest absolute Gasteiger partial charge is 0.408 e. The first kappa shape index (κ1) is 38.5. The number of aromatic nitrogens is 1. The van der Waals surface area contributed by atoms with Gasteiger partial charge in [0.25, 0.3) is 5.91 Å². The van der Waals surface area contributed by atoms with E-state index in [0.717, 1.165) is 31.2 Å². The molecule has 0 spiro atoms. The van der Waals surface area contributed by atoms with E-state index in [1.165, 1.54) is 22.3 Å². The number of alkyl carbamates (subject to hydrolysis) is 1. The first-order chi connectivity index (χ1) is 25.1. The minimum atomic E-state index is -3.89. The standard InChI is InChI=1S/C37H49N5O9S2/c1-7-22-18-37(22,34(45)41-53(47,48)25-13-14-25)40-31(43)28-16-21(27-20-52-32(38-27)26-17-24(49-5)12-15-29(26)50-6)19-42(28)33(44)30(36(2,3)4)39-35(46)51-23-10-8-9-11-23/h7,12,15,17,20-23,25,28,30H,1,8-11,13-14,16,18-19H2,2-6H3,(H,39,46)(H,40,43)(H,41,45)/t21-,22-,28+,30?,37-/m1/s1. The zero-order chi connectivity index (χ0) is 38.3. The third kappa shape index (κ3) is 8.17. The zero-order valence-corrected chi connectivity index (χ0v) is 32.4. The molecular formula is C37H49N5O9S2. The van der Waals surface area contributed by atoms with Crippen molar-refractivity contribution in [1.29, 1.82) is 0 Å². The number of hydrogen-bond acceptors (Lipinski definition) is 11. The van der Waals surface area contributed by atoms with Gasteiger partial charge in [0, 0.05) is 23.8 Å². The van der Waals surface area contributed by atoms with Gasteiger partial charge in [0.05, 0.1) is 30.7 Å². The average Bonchev–Trinajstić information content (AvgIpc) is 3.88. The third-order valence-electron chi connectivity index (χ3n) is 10.7. The van der Waals surface area contributed by atoms with Crippen molar-refractivity contribution in [3.05, 3.63) is 41.9 Å². The molecule has 4 fully saturated rings. The van der Waals surface area contributed by atoms with E-state index in [1.54, 1.807) is 26.4 Å². The highest BCUT2D eigenvalue weighted by Crippen LogP contribution is 2.46. The van der Waals surface area contributed by atoms with Gasteiger partial charge < -0.3 is 29.7 Å². The van der Waals surface area contributed by atoms with Crippen molar-refractivity contribution in [2.75, 3.05) is 20.8 Å². The number of hydrogen-bond donors (Lipinski definition) is 3. The molecule has 1 aromatic heterocycles. The number of methoxy groups -OCH3 is 2. The molecular weight excluding hydrogens is 723 g/mol. The maximum absolute atomic E-state index is 14.6. The Balaban J connectivity index is 1.29. The highest BCUT2D eigenvalue weighted by molar-refractivity contribution is 7.91. The second-order valence-electron chi connectivity index (χ2n) is 15.5. The first-order valence-corrected chi connectivity index (χ1v) is 20.5. The van der Waals surface area contributed by atoms with Crippen LogP contribution in [0.4, 0.5) is 4.79 Å². The Labute approximate surface area is 314 Å². The Bertz CT molecular complexity index is 1860. The molecule has 6 rings (SSSR count). The van der Waals surface area contributed by atoms with E-state index in [9.17, 15) is 27.6 Å². The molecule has 2 aromatic rings. The number of nitrogens with one attached hydrogen (secondary N) is 3. The van der Waals surface area contributed by atoms with Gasteiger partial charge in [0.1, 0.15) is 40.2 Å². The lowest BCUT2D eigenvalue weighted by Gasteiger charge is -2.35. The molecule has 3 saturated carbocycles. The summed E-state index contributed by atoms with van der Waals surface area (Å²) >= 11 is 1.39. The van der Waals surface area contributed by atoms with Crippen molar-refractivity contribution >= 4 is 45.2 Å². The number of ether oxygens (including phenoxy) is 3. The van der Waals surface area contributed by atoms with Crippen molar-refractivity contribution in [2.24, 2.45) is 11.3 Å². The van der Waals surface area contributed by atoms with Crippen molar-refractivity contribution in [1.82, 2.24) is 25.2 Å². The fraction of sp³-hybridized carbons (Fsp3) is 0.595. The molecule has 4 amide bonds. The molecule has 4 aliphatic rings. The summed E-state index contributed by atoms with van der Waals surface area (Å²) in [5, 5.41) is 7.53. The molecule has 288 valence electrons. The Hall–Kier alpha value is -4.18. The predicted molar refractivity (Wildman–Crippen MR) is 198 cm³/mol. The van der Waals surface area contributed by atoms with Crippen LogP contribution in [0.5, 0.6) is 11.5 Å². The number of sulfonamides is 1. The molecule has 2 heterocycles. The van der Waals surface area contributed by atoms with Crippen LogP contribution < -0.4 is 24.8 Å². The summed E-state index contributed by atoms with van der Waals surface area (Å²) in [6.45, 7) is 9.35. The molecule has 3 N–H and O–H groups in total. The molecule has 53 heavy (non-hydrogen) atoms. The van der Waals surface area contributed by atoms with Gasteiger partial charge in [0.2, 0.25) is 21.8 Å². The van der Waals surface area contributed by atoms with Crippen LogP contribution in [0.3, 0.4) is 0 Å². The van der Waals surface area contributed by atoms with E-state index in [0.29, 0.717) is 35.0 Å². The zero-order valence-electron chi connectivity index (χ0n) is 30.8. The first-order valence-electron chi connectivity index (χ1n) is 18.1. The van der Waals surface area contributed by atoms with Crippen LogP contribution in [0.2, 0.25) is 0 Å². The molecule has 1 aromatic carbocycles. The minimum Gasteiger partial charge on any atom is -0.497 e. The second kappa shape index (κ2) is 14.9. The molecule has 1 unspecified atom stereocenters. The predicted octanol–water partition coefficient (Wildman–Crippen LogP) is 4.26. The monoisotopic (exact) mass is 771 g/mol. The maximum Gasteiger partial charge on any atom is 0.408 e. The van der Waals surface area contributed by atoms with Gasteiger partial charge in [-0.25, -0.2) is 18.2 Å². The Morgan fingerprint density at radius 1 is 1.09 bits per heavy atom. The summed E-state index contributed by atoms with van der Waals surface area (Å²) in [6.07, 6.45) is 5.31. The largest absolute Gasteiger partial charge is 0.497 e. The van der Waals surface area contributed by atoms with E-state index in [2.05, 4.69) is 21.9 Å². The van der Waals surface area contributed by atoms with Crippen molar-refractivity contribution in [3.63, 3.8) is 0 Å². The molecule has 3 aliphatic carbocycles. The van der Waals surface area contributed by atoms with Gasteiger partial charge in [-0.15, -0.1) is 17.9 Å². The van der Waals surface area contributed by atoms with Crippen LogP contribution in [0.15, 0.2) is 36.2 Å². The fourth-order valence-electron chi connectivity index (χ4n) is 7.26. The van der Waals surface area contributed by atoms with Gasteiger partial charge >= 0.3 is 6.09 Å².